The first-order valence-corrected chi connectivity index (χ1v) is 5.18. The molecule has 0 radical (unpaired) electrons. The van der Waals surface area contributed by atoms with Gasteiger partial charge in [0.1, 0.15) is 0 Å². The van der Waals surface area contributed by atoms with Crippen molar-refractivity contribution >= 4 is 0 Å². The fraction of sp³-hybridized carbons (Fsp3) is 0.333. The molecule has 15 heavy (non-hydrogen) atoms. The topological polar surface area (TPSA) is 38.9 Å². The zero-order valence-electron chi connectivity index (χ0n) is 9.03. The molecule has 2 rings (SSSR count). The van der Waals surface area contributed by atoms with E-state index in [4.69, 9.17) is 4.52 Å². The molecule has 0 aromatic carbocycles. The third-order valence-corrected chi connectivity index (χ3v) is 2.26. The summed E-state index contributed by atoms with van der Waals surface area (Å²) in [7, 11) is 0. The van der Waals surface area contributed by atoms with Crippen molar-refractivity contribution in [2.45, 2.75) is 26.7 Å². The summed E-state index contributed by atoms with van der Waals surface area (Å²) in [4.78, 5) is 4.22. The van der Waals surface area contributed by atoms with Crippen molar-refractivity contribution in [2.24, 2.45) is 0 Å². The van der Waals surface area contributed by atoms with Gasteiger partial charge < -0.3 is 4.52 Å². The first kappa shape index (κ1) is 9.90. The Morgan fingerprint density at radius 3 is 2.87 bits per heavy atom. The molecular formula is C12H14N2O. The van der Waals surface area contributed by atoms with Crippen molar-refractivity contribution in [3.8, 4) is 11.3 Å². The van der Waals surface area contributed by atoms with Crippen molar-refractivity contribution in [1.82, 2.24) is 10.1 Å². The minimum Gasteiger partial charge on any atom is -0.356 e. The second-order valence-electron chi connectivity index (χ2n) is 3.62. The minimum absolute atomic E-state index is 0.797. The van der Waals surface area contributed by atoms with Gasteiger partial charge in [0.25, 0.3) is 0 Å². The molecule has 0 fully saturated rings. The molecule has 0 saturated heterocycles. The van der Waals surface area contributed by atoms with Gasteiger partial charge in [0.2, 0.25) is 0 Å². The van der Waals surface area contributed by atoms with E-state index in [1.54, 1.807) is 0 Å². The molecule has 0 bridgehead atoms. The molecule has 0 amide bonds. The van der Waals surface area contributed by atoms with Gasteiger partial charge in [-0.3, -0.25) is 4.98 Å². The molecule has 3 heteroatoms. The van der Waals surface area contributed by atoms with Crippen LogP contribution >= 0.6 is 0 Å². The van der Waals surface area contributed by atoms with E-state index < -0.39 is 0 Å². The van der Waals surface area contributed by atoms with E-state index >= 15 is 0 Å². The summed E-state index contributed by atoms with van der Waals surface area (Å²) in [6, 6.07) is 5.95. The molecular weight excluding hydrogens is 188 g/mol. The Bertz CT molecular complexity index is 431. The van der Waals surface area contributed by atoms with Crippen molar-refractivity contribution in [3.05, 3.63) is 35.8 Å². The predicted octanol–water partition coefficient (Wildman–Crippen LogP) is 3.00. The molecule has 0 saturated carbocycles. The largest absolute Gasteiger partial charge is 0.356 e. The smallest absolute Gasteiger partial charge is 0.168 e. The maximum atomic E-state index is 5.25. The molecule has 2 aromatic rings. The fourth-order valence-corrected chi connectivity index (χ4v) is 1.44. The predicted molar refractivity (Wildman–Crippen MR) is 58.5 cm³/mol. The number of pyridine rings is 1. The third kappa shape index (κ3) is 2.24. The number of nitrogens with zero attached hydrogens (tertiary/aromatic N) is 2. The highest BCUT2D eigenvalue weighted by atomic mass is 16.5. The second kappa shape index (κ2) is 4.26. The van der Waals surface area contributed by atoms with Gasteiger partial charge in [-0.15, -0.1) is 0 Å². The van der Waals surface area contributed by atoms with Gasteiger partial charge in [0.05, 0.1) is 5.69 Å². The van der Waals surface area contributed by atoms with Crippen LogP contribution in [0.15, 0.2) is 28.9 Å². The molecule has 2 heterocycles. The molecule has 0 atom stereocenters. The Morgan fingerprint density at radius 1 is 1.33 bits per heavy atom. The molecule has 78 valence electrons. The fourth-order valence-electron chi connectivity index (χ4n) is 1.44. The van der Waals surface area contributed by atoms with E-state index in [1.165, 1.54) is 0 Å². The number of rotatable bonds is 3. The van der Waals surface area contributed by atoms with Crippen LogP contribution in [0, 0.1) is 6.92 Å². The highest BCUT2D eigenvalue weighted by Gasteiger charge is 2.05. The average molecular weight is 202 g/mol. The lowest BCUT2D eigenvalue weighted by Crippen LogP contribution is -1.81. The van der Waals surface area contributed by atoms with Crippen molar-refractivity contribution < 1.29 is 4.52 Å². The van der Waals surface area contributed by atoms with Crippen LogP contribution in [0.25, 0.3) is 11.3 Å². The normalized spacial score (nSPS) is 10.5. The molecule has 0 spiro atoms. The van der Waals surface area contributed by atoms with Crippen molar-refractivity contribution in [1.29, 1.82) is 0 Å². The van der Waals surface area contributed by atoms with Crippen LogP contribution in [-0.2, 0) is 6.42 Å². The summed E-state index contributed by atoms with van der Waals surface area (Å²) >= 11 is 0. The van der Waals surface area contributed by atoms with Gasteiger partial charge in [-0.1, -0.05) is 18.5 Å². The SMILES string of the molecule is CCCc1cc(-c2ccc(C)nc2)on1. The summed E-state index contributed by atoms with van der Waals surface area (Å²) in [6.45, 7) is 4.09. The number of aromatic nitrogens is 2. The lowest BCUT2D eigenvalue weighted by Gasteiger charge is -1.94. The van der Waals surface area contributed by atoms with E-state index in [0.29, 0.717) is 0 Å². The first-order chi connectivity index (χ1) is 7.29. The quantitative estimate of drug-likeness (QED) is 0.768. The van der Waals surface area contributed by atoms with E-state index in [0.717, 1.165) is 35.6 Å². The molecule has 0 aliphatic carbocycles. The lowest BCUT2D eigenvalue weighted by atomic mass is 10.2. The van der Waals surface area contributed by atoms with E-state index in [-0.39, 0.29) is 0 Å². The maximum absolute atomic E-state index is 5.25. The summed E-state index contributed by atoms with van der Waals surface area (Å²) in [5.74, 6) is 0.797. The van der Waals surface area contributed by atoms with E-state index in [2.05, 4.69) is 17.1 Å². The van der Waals surface area contributed by atoms with Crippen LogP contribution in [0.2, 0.25) is 0 Å². The zero-order chi connectivity index (χ0) is 10.7. The standard InChI is InChI=1S/C12H14N2O/c1-3-4-11-7-12(15-14-11)10-6-5-9(2)13-8-10/h5-8H,3-4H2,1-2H3. The number of hydrogen-bond acceptors (Lipinski definition) is 3. The van der Waals surface area contributed by atoms with Crippen molar-refractivity contribution in [2.75, 3.05) is 0 Å². The Hall–Kier alpha value is -1.64. The summed E-state index contributed by atoms with van der Waals surface area (Å²) in [5.41, 5.74) is 3.00. The van der Waals surface area contributed by atoms with E-state index in [9.17, 15) is 0 Å². The maximum Gasteiger partial charge on any atom is 0.168 e. The second-order valence-corrected chi connectivity index (χ2v) is 3.62. The number of aryl methyl sites for hydroxylation is 2. The summed E-state index contributed by atoms with van der Waals surface area (Å²) in [6.07, 6.45) is 3.85. The van der Waals surface area contributed by atoms with E-state index in [1.807, 2.05) is 31.3 Å². The van der Waals surface area contributed by atoms with Crippen LogP contribution in [0.5, 0.6) is 0 Å². The Balaban J connectivity index is 2.25. The lowest BCUT2D eigenvalue weighted by molar-refractivity contribution is 0.423. The zero-order valence-corrected chi connectivity index (χ0v) is 9.03. The molecule has 0 unspecified atom stereocenters. The highest BCUT2D eigenvalue weighted by Crippen LogP contribution is 2.19. The van der Waals surface area contributed by atoms with Crippen molar-refractivity contribution in [3.63, 3.8) is 0 Å². The minimum atomic E-state index is 0.797. The van der Waals surface area contributed by atoms with Gasteiger partial charge in [-0.25, -0.2) is 0 Å². The molecule has 2 aromatic heterocycles. The van der Waals surface area contributed by atoms with Crippen LogP contribution in [0.1, 0.15) is 24.7 Å². The van der Waals surface area contributed by atoms with Gasteiger partial charge in [0.15, 0.2) is 5.76 Å². The Kier molecular flexibility index (Phi) is 2.81. The van der Waals surface area contributed by atoms with Crippen LogP contribution in [0.4, 0.5) is 0 Å². The van der Waals surface area contributed by atoms with Gasteiger partial charge in [0, 0.05) is 23.5 Å². The summed E-state index contributed by atoms with van der Waals surface area (Å²) < 4.78 is 5.25. The monoisotopic (exact) mass is 202 g/mol. The van der Waals surface area contributed by atoms with Gasteiger partial charge in [-0.2, -0.15) is 0 Å². The Morgan fingerprint density at radius 2 is 2.20 bits per heavy atom. The van der Waals surface area contributed by atoms with Gasteiger partial charge in [-0.05, 0) is 25.5 Å². The van der Waals surface area contributed by atoms with Crippen LogP contribution in [-0.4, -0.2) is 10.1 Å². The average Bonchev–Trinajstić information content (AvgIpc) is 2.68. The molecule has 0 N–H and O–H groups in total. The number of hydrogen-bond donors (Lipinski definition) is 0. The Labute approximate surface area is 89.1 Å². The molecule has 0 aliphatic heterocycles. The third-order valence-electron chi connectivity index (χ3n) is 2.26. The molecule has 0 aliphatic rings. The van der Waals surface area contributed by atoms with Crippen LogP contribution < -0.4 is 0 Å². The first-order valence-electron chi connectivity index (χ1n) is 5.18. The highest BCUT2D eigenvalue weighted by molar-refractivity contribution is 5.55. The summed E-state index contributed by atoms with van der Waals surface area (Å²) in [5, 5.41) is 4.00. The molecule has 3 nitrogen and oxygen atoms in total. The van der Waals surface area contributed by atoms with Gasteiger partial charge >= 0.3 is 0 Å². The van der Waals surface area contributed by atoms with Crippen LogP contribution in [0.3, 0.4) is 0 Å².